The second-order valence-electron chi connectivity index (χ2n) is 4.90. The maximum absolute atomic E-state index is 12.9. The standard InChI is InChI=1S/C14H11F3N4O2/c1-2-12-18-13(20-23-12)11-6-8-9(19-22)4-3-5-10(8)21(11)7-14(15,16)17/h3-6H,2,7H2,1H3. The highest BCUT2D eigenvalue weighted by Crippen LogP contribution is 2.34. The summed E-state index contributed by atoms with van der Waals surface area (Å²) >= 11 is 0. The van der Waals surface area contributed by atoms with Gasteiger partial charge in [0.1, 0.15) is 12.2 Å². The molecule has 0 radical (unpaired) electrons. The first-order valence-electron chi connectivity index (χ1n) is 6.78. The van der Waals surface area contributed by atoms with Gasteiger partial charge in [-0.1, -0.05) is 18.1 Å². The van der Waals surface area contributed by atoms with Crippen LogP contribution < -0.4 is 0 Å². The van der Waals surface area contributed by atoms with Gasteiger partial charge in [0.2, 0.25) is 11.7 Å². The van der Waals surface area contributed by atoms with Crippen LogP contribution in [-0.2, 0) is 13.0 Å². The van der Waals surface area contributed by atoms with Crippen LogP contribution in [0.25, 0.3) is 22.4 Å². The van der Waals surface area contributed by atoms with Gasteiger partial charge in [0.15, 0.2) is 0 Å². The number of aromatic nitrogens is 3. The topological polar surface area (TPSA) is 73.3 Å². The van der Waals surface area contributed by atoms with E-state index in [9.17, 15) is 18.1 Å². The Bertz CT molecular complexity index is 867. The Kier molecular flexibility index (Phi) is 3.63. The fraction of sp³-hybridized carbons (Fsp3) is 0.286. The molecule has 0 N–H and O–H groups in total. The molecule has 2 aromatic heterocycles. The first kappa shape index (κ1) is 15.2. The molecule has 0 amide bonds. The van der Waals surface area contributed by atoms with Crippen LogP contribution >= 0.6 is 0 Å². The number of nitroso groups, excluding NO2 is 1. The van der Waals surface area contributed by atoms with Crippen molar-refractivity contribution in [1.29, 1.82) is 0 Å². The zero-order valence-corrected chi connectivity index (χ0v) is 12.0. The van der Waals surface area contributed by atoms with E-state index >= 15 is 0 Å². The van der Waals surface area contributed by atoms with Gasteiger partial charge >= 0.3 is 6.18 Å². The minimum atomic E-state index is -4.44. The van der Waals surface area contributed by atoms with Gasteiger partial charge in [-0.25, -0.2) is 0 Å². The lowest BCUT2D eigenvalue weighted by atomic mass is 10.2. The summed E-state index contributed by atoms with van der Waals surface area (Å²) in [5.74, 6) is 0.358. The summed E-state index contributed by atoms with van der Waals surface area (Å²) < 4.78 is 44.8. The van der Waals surface area contributed by atoms with E-state index in [2.05, 4.69) is 15.3 Å². The minimum Gasteiger partial charge on any atom is -0.339 e. The van der Waals surface area contributed by atoms with Crippen molar-refractivity contribution in [2.75, 3.05) is 0 Å². The number of rotatable bonds is 4. The SMILES string of the molecule is CCc1nc(-c2cc3c(N=O)cccc3n2CC(F)(F)F)no1. The molecule has 0 bridgehead atoms. The summed E-state index contributed by atoms with van der Waals surface area (Å²) in [5, 5.41) is 6.88. The van der Waals surface area contributed by atoms with E-state index in [4.69, 9.17) is 4.52 Å². The predicted octanol–water partition coefficient (Wildman–Crippen LogP) is 4.21. The van der Waals surface area contributed by atoms with Crippen molar-refractivity contribution in [3.05, 3.63) is 35.1 Å². The third kappa shape index (κ3) is 2.81. The molecule has 9 heteroatoms. The lowest BCUT2D eigenvalue weighted by Gasteiger charge is -2.11. The largest absolute Gasteiger partial charge is 0.406 e. The molecular weight excluding hydrogens is 313 g/mol. The van der Waals surface area contributed by atoms with E-state index < -0.39 is 12.7 Å². The Morgan fingerprint density at radius 3 is 2.74 bits per heavy atom. The van der Waals surface area contributed by atoms with Crippen LogP contribution in [0.3, 0.4) is 0 Å². The molecule has 0 saturated heterocycles. The van der Waals surface area contributed by atoms with Crippen LogP contribution in [0.4, 0.5) is 18.9 Å². The van der Waals surface area contributed by atoms with Crippen molar-refractivity contribution < 1.29 is 17.7 Å². The molecule has 0 saturated carbocycles. The molecule has 0 aliphatic rings. The normalized spacial score (nSPS) is 12.0. The van der Waals surface area contributed by atoms with Gasteiger partial charge in [-0.05, 0) is 23.4 Å². The quantitative estimate of drug-likeness (QED) is 0.674. The first-order chi connectivity index (χ1) is 10.9. The summed E-state index contributed by atoms with van der Waals surface area (Å²) in [6, 6.07) is 5.82. The molecule has 23 heavy (non-hydrogen) atoms. The molecular formula is C14H11F3N4O2. The highest BCUT2D eigenvalue weighted by Gasteiger charge is 2.31. The molecule has 1 aromatic carbocycles. The van der Waals surface area contributed by atoms with Gasteiger partial charge in [-0.15, -0.1) is 4.91 Å². The van der Waals surface area contributed by atoms with Gasteiger partial charge in [-0.3, -0.25) is 0 Å². The van der Waals surface area contributed by atoms with E-state index in [1.807, 2.05) is 0 Å². The van der Waals surface area contributed by atoms with Crippen molar-refractivity contribution in [1.82, 2.24) is 14.7 Å². The first-order valence-corrected chi connectivity index (χ1v) is 6.78. The van der Waals surface area contributed by atoms with Crippen molar-refractivity contribution in [3.8, 4) is 11.5 Å². The molecule has 120 valence electrons. The number of alkyl halides is 3. The fourth-order valence-electron chi connectivity index (χ4n) is 2.39. The second-order valence-corrected chi connectivity index (χ2v) is 4.90. The molecule has 0 spiro atoms. The fourth-order valence-corrected chi connectivity index (χ4v) is 2.39. The van der Waals surface area contributed by atoms with Crippen LogP contribution in [0.2, 0.25) is 0 Å². The molecule has 2 heterocycles. The smallest absolute Gasteiger partial charge is 0.339 e. The van der Waals surface area contributed by atoms with Gasteiger partial charge in [0.25, 0.3) is 0 Å². The molecule has 6 nitrogen and oxygen atoms in total. The minimum absolute atomic E-state index is 0.0409. The molecule has 3 aromatic rings. The Balaban J connectivity index is 2.26. The van der Waals surface area contributed by atoms with Crippen LogP contribution in [0.15, 0.2) is 34.0 Å². The molecule has 0 fully saturated rings. The Morgan fingerprint density at radius 2 is 2.13 bits per heavy atom. The molecule has 0 aliphatic heterocycles. The average molecular weight is 324 g/mol. The number of fused-ring (bicyclic) bond motifs is 1. The van der Waals surface area contributed by atoms with E-state index in [0.717, 1.165) is 4.57 Å². The lowest BCUT2D eigenvalue weighted by molar-refractivity contribution is -0.139. The van der Waals surface area contributed by atoms with E-state index in [0.29, 0.717) is 17.7 Å². The number of nitrogens with zero attached hydrogens (tertiary/aromatic N) is 4. The Hall–Kier alpha value is -2.71. The number of benzene rings is 1. The van der Waals surface area contributed by atoms with Crippen LogP contribution in [0, 0.1) is 4.91 Å². The van der Waals surface area contributed by atoms with Crippen LogP contribution in [-0.4, -0.2) is 20.9 Å². The average Bonchev–Trinajstić information content (AvgIpc) is 3.10. The molecule has 0 aliphatic carbocycles. The third-order valence-electron chi connectivity index (χ3n) is 3.36. The Morgan fingerprint density at radius 1 is 1.35 bits per heavy atom. The molecule has 0 atom stereocenters. The second kappa shape index (κ2) is 5.49. The summed E-state index contributed by atoms with van der Waals surface area (Å²) in [5.41, 5.74) is 0.415. The predicted molar refractivity (Wildman–Crippen MR) is 76.1 cm³/mol. The monoisotopic (exact) mass is 324 g/mol. The zero-order valence-electron chi connectivity index (χ0n) is 12.0. The van der Waals surface area contributed by atoms with Gasteiger partial charge < -0.3 is 9.09 Å². The number of aryl methyl sites for hydroxylation is 1. The number of hydrogen-bond donors (Lipinski definition) is 0. The van der Waals surface area contributed by atoms with Gasteiger partial charge in [0.05, 0.1) is 11.2 Å². The summed E-state index contributed by atoms with van der Waals surface area (Å²) in [6.45, 7) is 0.557. The highest BCUT2D eigenvalue weighted by molar-refractivity contribution is 5.94. The molecule has 0 unspecified atom stereocenters. The highest BCUT2D eigenvalue weighted by atomic mass is 19.4. The van der Waals surface area contributed by atoms with Crippen molar-refractivity contribution in [2.24, 2.45) is 5.18 Å². The van der Waals surface area contributed by atoms with E-state index in [1.165, 1.54) is 24.3 Å². The lowest BCUT2D eigenvalue weighted by Crippen LogP contribution is -2.18. The van der Waals surface area contributed by atoms with Crippen molar-refractivity contribution >= 4 is 16.6 Å². The van der Waals surface area contributed by atoms with Crippen LogP contribution in [0.1, 0.15) is 12.8 Å². The number of hydrogen-bond acceptors (Lipinski definition) is 5. The van der Waals surface area contributed by atoms with Crippen molar-refractivity contribution in [2.45, 2.75) is 26.1 Å². The summed E-state index contributed by atoms with van der Waals surface area (Å²) in [6.07, 6.45) is -3.98. The van der Waals surface area contributed by atoms with Gasteiger partial charge in [0, 0.05) is 11.8 Å². The zero-order chi connectivity index (χ0) is 16.6. The third-order valence-corrected chi connectivity index (χ3v) is 3.36. The number of halogens is 3. The maximum atomic E-state index is 12.9. The van der Waals surface area contributed by atoms with E-state index in [1.54, 1.807) is 6.92 Å². The summed E-state index contributed by atoms with van der Waals surface area (Å²) in [7, 11) is 0. The van der Waals surface area contributed by atoms with Crippen molar-refractivity contribution in [3.63, 3.8) is 0 Å². The Labute approximate surface area is 127 Å². The van der Waals surface area contributed by atoms with Crippen LogP contribution in [0.5, 0.6) is 0 Å². The molecule has 3 rings (SSSR count). The summed E-state index contributed by atoms with van der Waals surface area (Å²) in [4.78, 5) is 14.9. The maximum Gasteiger partial charge on any atom is 0.406 e. The van der Waals surface area contributed by atoms with E-state index in [-0.39, 0.29) is 22.7 Å². The van der Waals surface area contributed by atoms with Gasteiger partial charge in [-0.2, -0.15) is 18.2 Å².